The van der Waals surface area contributed by atoms with Crippen LogP contribution in [-0.2, 0) is 30.3 Å². The molecule has 1 heterocycles. The molecule has 0 aliphatic rings. The number of hydrogen-bond acceptors (Lipinski definition) is 3. The van der Waals surface area contributed by atoms with E-state index in [4.69, 9.17) is 10.1 Å². The Balaban J connectivity index is 0.000000476. The number of nitrogens with zero attached hydrogens (tertiary/aromatic N) is 1. The normalized spacial score (nSPS) is 11.7. The summed E-state index contributed by atoms with van der Waals surface area (Å²) in [6, 6.07) is 23.3. The molecular weight excluding hydrogens is 611 g/mol. The summed E-state index contributed by atoms with van der Waals surface area (Å²) in [5, 5.41) is 13.2. The van der Waals surface area contributed by atoms with Crippen molar-refractivity contribution in [2.24, 2.45) is 0 Å². The SMILES string of the molecule is CC(=O)/C=C(/C)O.CC(C)c1ccc2c(-c3[c-]c4ccccc4c(C(C)(C)C)c3)nccc2c1.[Ir]. The largest absolute Gasteiger partial charge is 0.512 e. The van der Waals surface area contributed by atoms with E-state index in [0.29, 0.717) is 5.92 Å². The zero-order chi connectivity index (χ0) is 25.0. The molecule has 0 fully saturated rings. The second-order valence-corrected chi connectivity index (χ2v) is 10.1. The number of hydrogen-bond donors (Lipinski definition) is 1. The van der Waals surface area contributed by atoms with Crippen molar-refractivity contribution in [2.75, 3.05) is 0 Å². The number of aromatic nitrogens is 1. The van der Waals surface area contributed by atoms with Gasteiger partial charge in [-0.3, -0.25) is 9.78 Å². The maximum Gasteiger partial charge on any atom is 0.155 e. The second-order valence-electron chi connectivity index (χ2n) is 10.1. The van der Waals surface area contributed by atoms with Crippen LogP contribution in [0.2, 0.25) is 0 Å². The minimum atomic E-state index is -0.125. The van der Waals surface area contributed by atoms with Gasteiger partial charge >= 0.3 is 0 Å². The topological polar surface area (TPSA) is 50.2 Å². The number of carbonyl (C=O) groups excluding carboxylic acids is 1. The Morgan fingerprint density at radius 3 is 2.26 bits per heavy atom. The molecule has 1 aromatic heterocycles. The molecule has 0 saturated carbocycles. The van der Waals surface area contributed by atoms with E-state index >= 15 is 0 Å². The van der Waals surface area contributed by atoms with Gasteiger partial charge in [0.1, 0.15) is 0 Å². The second kappa shape index (κ2) is 11.7. The molecule has 0 unspecified atom stereocenters. The maximum absolute atomic E-state index is 10.0. The molecule has 0 aliphatic carbocycles. The minimum absolute atomic E-state index is 0. The van der Waals surface area contributed by atoms with Gasteiger partial charge in [0, 0.05) is 38.1 Å². The summed E-state index contributed by atoms with van der Waals surface area (Å²) in [7, 11) is 0. The molecule has 185 valence electrons. The van der Waals surface area contributed by atoms with Crippen LogP contribution in [0.5, 0.6) is 0 Å². The van der Waals surface area contributed by atoms with E-state index in [1.165, 1.54) is 47.2 Å². The number of carbonyl (C=O) groups is 1. The fraction of sp³-hybridized carbons (Fsp3) is 0.290. The van der Waals surface area contributed by atoms with E-state index in [1.54, 1.807) is 0 Å². The minimum Gasteiger partial charge on any atom is -0.512 e. The molecule has 0 bridgehead atoms. The Morgan fingerprint density at radius 2 is 1.69 bits per heavy atom. The first kappa shape index (κ1) is 28.4. The molecule has 4 heteroatoms. The van der Waals surface area contributed by atoms with Crippen LogP contribution in [0.4, 0.5) is 0 Å². The Hall–Kier alpha value is -2.81. The predicted molar refractivity (Wildman–Crippen MR) is 143 cm³/mol. The molecule has 1 N–H and O–H groups in total. The van der Waals surface area contributed by atoms with Gasteiger partial charge in [-0.05, 0) is 47.6 Å². The van der Waals surface area contributed by atoms with Crippen LogP contribution in [0.3, 0.4) is 0 Å². The van der Waals surface area contributed by atoms with Crippen LogP contribution in [0.25, 0.3) is 32.8 Å². The summed E-state index contributed by atoms with van der Waals surface area (Å²) >= 11 is 0. The number of aliphatic hydroxyl groups excluding tert-OH is 1. The Kier molecular flexibility index (Phi) is 9.54. The molecule has 35 heavy (non-hydrogen) atoms. The van der Waals surface area contributed by atoms with Crippen molar-refractivity contribution >= 4 is 27.3 Å². The van der Waals surface area contributed by atoms with Crippen LogP contribution in [-0.4, -0.2) is 15.9 Å². The van der Waals surface area contributed by atoms with Crippen molar-refractivity contribution in [1.29, 1.82) is 0 Å². The summed E-state index contributed by atoms with van der Waals surface area (Å²) in [6.07, 6.45) is 3.08. The number of pyridine rings is 1. The molecule has 4 rings (SSSR count). The fourth-order valence-electron chi connectivity index (χ4n) is 4.04. The van der Waals surface area contributed by atoms with Crippen molar-refractivity contribution in [1.82, 2.24) is 4.98 Å². The van der Waals surface area contributed by atoms with Gasteiger partial charge in [-0.2, -0.15) is 0 Å². The first-order valence-electron chi connectivity index (χ1n) is 11.7. The van der Waals surface area contributed by atoms with E-state index in [1.807, 2.05) is 6.20 Å². The number of benzene rings is 3. The van der Waals surface area contributed by atoms with E-state index in [9.17, 15) is 4.79 Å². The number of allylic oxidation sites excluding steroid dienone is 2. The van der Waals surface area contributed by atoms with Crippen molar-refractivity contribution in [3.8, 4) is 11.3 Å². The van der Waals surface area contributed by atoms with Gasteiger partial charge in [0.25, 0.3) is 0 Å². The predicted octanol–water partition coefficient (Wildman–Crippen LogP) is 8.31. The molecule has 3 aromatic carbocycles. The third kappa shape index (κ3) is 7.10. The molecule has 3 nitrogen and oxygen atoms in total. The summed E-state index contributed by atoms with van der Waals surface area (Å²) in [5.74, 6) is 0.457. The van der Waals surface area contributed by atoms with Gasteiger partial charge in [0.05, 0.1) is 5.76 Å². The Morgan fingerprint density at radius 1 is 1.00 bits per heavy atom. The number of ketones is 1. The molecule has 0 amide bonds. The monoisotopic (exact) mass is 645 g/mol. The van der Waals surface area contributed by atoms with Crippen LogP contribution in [0, 0.1) is 6.07 Å². The van der Waals surface area contributed by atoms with Gasteiger partial charge < -0.3 is 5.11 Å². The van der Waals surface area contributed by atoms with Crippen LogP contribution >= 0.6 is 0 Å². The zero-order valence-corrected chi connectivity index (χ0v) is 24.0. The summed E-state index contributed by atoms with van der Waals surface area (Å²) in [4.78, 5) is 14.8. The molecule has 0 saturated heterocycles. The zero-order valence-electron chi connectivity index (χ0n) is 21.6. The molecule has 0 spiro atoms. The summed E-state index contributed by atoms with van der Waals surface area (Å²) < 4.78 is 0. The first-order valence-corrected chi connectivity index (χ1v) is 11.7. The van der Waals surface area contributed by atoms with E-state index in [0.717, 1.165) is 16.6 Å². The first-order chi connectivity index (χ1) is 16.0. The smallest absolute Gasteiger partial charge is 0.155 e. The van der Waals surface area contributed by atoms with E-state index in [2.05, 4.69) is 95.3 Å². The van der Waals surface area contributed by atoms with Crippen molar-refractivity contribution in [3.63, 3.8) is 0 Å². The third-order valence-electron chi connectivity index (χ3n) is 5.71. The molecule has 0 aliphatic heterocycles. The van der Waals surface area contributed by atoms with Crippen LogP contribution in [0.1, 0.15) is 65.5 Å². The fourth-order valence-corrected chi connectivity index (χ4v) is 4.04. The molecular formula is C31H34IrNO2-. The number of aliphatic hydroxyl groups is 1. The third-order valence-corrected chi connectivity index (χ3v) is 5.71. The van der Waals surface area contributed by atoms with Crippen molar-refractivity contribution in [3.05, 3.63) is 89.8 Å². The van der Waals surface area contributed by atoms with E-state index < -0.39 is 0 Å². The van der Waals surface area contributed by atoms with Gasteiger partial charge in [-0.1, -0.05) is 82.0 Å². The van der Waals surface area contributed by atoms with E-state index in [-0.39, 0.29) is 37.1 Å². The Bertz CT molecular complexity index is 1360. The van der Waals surface area contributed by atoms with Gasteiger partial charge in [0.15, 0.2) is 5.78 Å². The maximum atomic E-state index is 10.0. The van der Waals surface area contributed by atoms with Crippen LogP contribution < -0.4 is 0 Å². The van der Waals surface area contributed by atoms with Gasteiger partial charge in [-0.15, -0.1) is 29.1 Å². The Labute approximate surface area is 222 Å². The van der Waals surface area contributed by atoms with Gasteiger partial charge in [-0.25, -0.2) is 0 Å². The van der Waals surface area contributed by atoms with Crippen LogP contribution in [0.15, 0.2) is 72.6 Å². The molecule has 1 radical (unpaired) electrons. The molecule has 0 atom stereocenters. The number of fused-ring (bicyclic) bond motifs is 2. The standard InChI is InChI=1S/C26H26N.C5H8O2.Ir/c1-17(2)18-10-11-23-20(14-18)12-13-27-25(23)21-15-19-8-6-7-9-22(19)24(16-21)26(3,4)5;1-4(6)3-5(2)7;/h6-14,16-17H,1-5H3;3,6H,1-2H3;/q-1;;/b;4-3-;. The van der Waals surface area contributed by atoms with Gasteiger partial charge in [0.2, 0.25) is 0 Å². The summed E-state index contributed by atoms with van der Waals surface area (Å²) in [5.41, 5.74) is 4.83. The average molecular weight is 645 g/mol. The molecule has 4 aromatic rings. The average Bonchev–Trinajstić information content (AvgIpc) is 2.76. The number of rotatable bonds is 3. The quantitative estimate of drug-likeness (QED) is 0.139. The van der Waals surface area contributed by atoms with Crippen molar-refractivity contribution in [2.45, 2.75) is 59.8 Å². The van der Waals surface area contributed by atoms with Crippen molar-refractivity contribution < 1.29 is 30.0 Å². The summed E-state index contributed by atoms with van der Waals surface area (Å²) in [6.45, 7) is 14.1.